The number of carboxylic acid groups (broad SMARTS) is 1. The first-order chi connectivity index (χ1) is 19.9. The predicted octanol–water partition coefficient (Wildman–Crippen LogP) is 3.86. The van der Waals surface area contributed by atoms with E-state index in [4.69, 9.17) is 11.6 Å². The normalized spacial score (nSPS) is 21.8. The smallest absolute Gasteiger partial charge is 0.341 e. The number of aliphatic carboxylic acids is 1. The van der Waals surface area contributed by atoms with Crippen molar-refractivity contribution in [3.8, 4) is 0 Å². The summed E-state index contributed by atoms with van der Waals surface area (Å²) in [5, 5.41) is 9.98. The van der Waals surface area contributed by atoms with Gasteiger partial charge in [-0.2, -0.15) is 0 Å². The zero-order chi connectivity index (χ0) is 28.5. The van der Waals surface area contributed by atoms with Crippen molar-refractivity contribution in [2.75, 3.05) is 49.1 Å². The highest BCUT2D eigenvalue weighted by atomic mass is 35.5. The third-order valence-electron chi connectivity index (χ3n) is 7.93. The summed E-state index contributed by atoms with van der Waals surface area (Å²) in [6.45, 7) is 5.06. The number of halogens is 2. The lowest BCUT2D eigenvalue weighted by Gasteiger charge is -2.37. The number of fused-ring (bicyclic) bond motifs is 1. The summed E-state index contributed by atoms with van der Waals surface area (Å²) >= 11 is 6.78. The summed E-state index contributed by atoms with van der Waals surface area (Å²) in [4.78, 5) is 41.8. The van der Waals surface area contributed by atoms with Gasteiger partial charge in [0.2, 0.25) is 5.95 Å². The number of carbonyl (C=O) groups is 2. The van der Waals surface area contributed by atoms with Gasteiger partial charge in [0.1, 0.15) is 11.4 Å². The minimum absolute atomic E-state index is 0.0213. The van der Waals surface area contributed by atoms with Crippen molar-refractivity contribution in [1.82, 2.24) is 19.8 Å². The molecule has 6 rings (SSSR count). The van der Waals surface area contributed by atoms with Crippen LogP contribution in [0, 0.1) is 0 Å². The Morgan fingerprint density at radius 1 is 1.00 bits per heavy atom. The number of anilines is 2. The summed E-state index contributed by atoms with van der Waals surface area (Å²) in [5.41, 5.74) is 1.61. The van der Waals surface area contributed by atoms with E-state index in [9.17, 15) is 14.7 Å². The maximum atomic E-state index is 15.9. The molecular weight excluding hydrogens is 547 g/mol. The molecule has 4 aliphatic rings. The van der Waals surface area contributed by atoms with Gasteiger partial charge in [-0.3, -0.25) is 9.69 Å². The van der Waals surface area contributed by atoms with Gasteiger partial charge in [0.15, 0.2) is 5.78 Å². The van der Waals surface area contributed by atoms with Crippen molar-refractivity contribution in [2.45, 2.75) is 25.4 Å². The molecule has 0 saturated carbocycles. The van der Waals surface area contributed by atoms with Crippen LogP contribution in [0.4, 0.5) is 16.0 Å². The average molecular weight is 577 g/mol. The van der Waals surface area contributed by atoms with Crippen LogP contribution < -0.4 is 9.80 Å². The van der Waals surface area contributed by atoms with Gasteiger partial charge in [0.25, 0.3) is 0 Å². The second-order valence-corrected chi connectivity index (χ2v) is 10.9. The molecule has 2 saturated heterocycles. The van der Waals surface area contributed by atoms with Crippen molar-refractivity contribution < 1.29 is 19.1 Å². The Morgan fingerprint density at radius 3 is 2.32 bits per heavy atom. The van der Waals surface area contributed by atoms with Crippen LogP contribution in [0.2, 0.25) is 0 Å². The van der Waals surface area contributed by atoms with Crippen molar-refractivity contribution in [1.29, 1.82) is 0 Å². The highest BCUT2D eigenvalue weighted by Gasteiger charge is 2.38. The molecule has 1 aliphatic carbocycles. The fraction of sp³-hybridized carbons (Fsp3) is 0.333. The molecule has 1 atom stereocenters. The van der Waals surface area contributed by atoms with Gasteiger partial charge < -0.3 is 19.8 Å². The van der Waals surface area contributed by atoms with Gasteiger partial charge in [0, 0.05) is 62.6 Å². The fourth-order valence-corrected chi connectivity index (χ4v) is 6.15. The first-order valence-corrected chi connectivity index (χ1v) is 14.1. The number of nitrogens with zero attached hydrogens (tertiary/aromatic N) is 6. The molecule has 0 radical (unpaired) electrons. The molecule has 1 aromatic heterocycles. The Labute approximate surface area is 242 Å². The van der Waals surface area contributed by atoms with E-state index in [2.05, 4.69) is 14.9 Å². The molecule has 41 heavy (non-hydrogen) atoms. The molecule has 1 unspecified atom stereocenters. The number of Topliss-reactive ketones (excluding diaryl/α,β-unsaturated/α-hetero) is 1. The van der Waals surface area contributed by atoms with Crippen LogP contribution in [0.3, 0.4) is 0 Å². The van der Waals surface area contributed by atoms with Crippen molar-refractivity contribution >= 4 is 35.0 Å². The highest BCUT2D eigenvalue weighted by molar-refractivity contribution is 6.32. The number of hydrogen-bond acceptors (Lipinski definition) is 8. The molecule has 2 fully saturated rings. The second kappa shape index (κ2) is 11.5. The minimum atomic E-state index is -1.37. The van der Waals surface area contributed by atoms with Crippen LogP contribution in [0.15, 0.2) is 88.8 Å². The van der Waals surface area contributed by atoms with Crippen molar-refractivity contribution in [3.05, 3.63) is 94.3 Å². The molecule has 0 amide bonds. The minimum Gasteiger partial charge on any atom is -0.477 e. The number of rotatable bonds is 6. The lowest BCUT2D eigenvalue weighted by molar-refractivity contribution is -0.134. The van der Waals surface area contributed by atoms with Gasteiger partial charge in [-0.25, -0.2) is 19.2 Å². The van der Waals surface area contributed by atoms with E-state index in [0.717, 1.165) is 31.3 Å². The van der Waals surface area contributed by atoms with Gasteiger partial charge in [0.05, 0.1) is 16.8 Å². The zero-order valence-electron chi connectivity index (χ0n) is 22.4. The third-order valence-corrected chi connectivity index (χ3v) is 8.24. The van der Waals surface area contributed by atoms with Gasteiger partial charge >= 0.3 is 5.97 Å². The van der Waals surface area contributed by atoms with E-state index < -0.39 is 29.2 Å². The molecule has 1 aromatic carbocycles. The number of ketones is 1. The largest absolute Gasteiger partial charge is 0.477 e. The highest BCUT2D eigenvalue weighted by Crippen LogP contribution is 2.37. The Balaban J connectivity index is 1.29. The lowest BCUT2D eigenvalue weighted by atomic mass is 9.91. The Kier molecular flexibility index (Phi) is 7.59. The van der Waals surface area contributed by atoms with E-state index in [1.54, 1.807) is 29.4 Å². The maximum Gasteiger partial charge on any atom is 0.341 e. The number of hydrogen-bond donors (Lipinski definition) is 1. The molecule has 0 spiro atoms. The average Bonchev–Trinajstić information content (AvgIpc) is 3.45. The molecular formula is C30H30ClFN6O3. The van der Waals surface area contributed by atoms with Crippen LogP contribution in [0.25, 0.3) is 0 Å². The second-order valence-electron chi connectivity index (χ2n) is 10.5. The van der Waals surface area contributed by atoms with Gasteiger partial charge in [-0.1, -0.05) is 23.7 Å². The summed E-state index contributed by atoms with van der Waals surface area (Å²) in [7, 11) is 0. The van der Waals surface area contributed by atoms with Crippen LogP contribution in [0.1, 0.15) is 18.4 Å². The SMILES string of the molecule is O=C(O)C1=CN(c2ccc(CN3CCCC3)cc2)C2C=C(Cl)C(N3CCN(c4ncccn4)CC3)=C(F)C=C2C1=O. The first-order valence-electron chi connectivity index (χ1n) is 13.7. The Hall–Kier alpha value is -4.02. The molecule has 3 aliphatic heterocycles. The van der Waals surface area contributed by atoms with Crippen molar-refractivity contribution in [2.24, 2.45) is 0 Å². The summed E-state index contributed by atoms with van der Waals surface area (Å²) in [6.07, 6.45) is 9.87. The molecule has 1 N–H and O–H groups in total. The number of carboxylic acids is 1. The third kappa shape index (κ3) is 5.49. The monoisotopic (exact) mass is 576 g/mol. The first kappa shape index (κ1) is 27.2. The van der Waals surface area contributed by atoms with E-state index in [-0.39, 0.29) is 16.3 Å². The van der Waals surface area contributed by atoms with Gasteiger partial charge in [-0.05, 0) is 61.8 Å². The Bertz CT molecular complexity index is 1460. The molecule has 212 valence electrons. The summed E-state index contributed by atoms with van der Waals surface area (Å²) in [5.74, 6) is -2.16. The number of carbonyl (C=O) groups excluding carboxylic acids is 1. The van der Waals surface area contributed by atoms with E-state index in [1.165, 1.54) is 19.0 Å². The topological polar surface area (TPSA) is 93.1 Å². The molecule has 0 bridgehead atoms. The molecule has 2 aromatic rings. The standard InChI is InChI=1S/C30H30ClFN6O3/c31-24-17-26-22(16-25(32)27(24)36-12-14-37(15-13-36)30-33-8-3-9-34-30)28(39)23(29(40)41)19-38(26)21-6-4-20(5-7-21)18-35-10-1-2-11-35/h3-9,16-17,19,26H,1-2,10-15,18H2,(H,40,41). The van der Waals surface area contributed by atoms with E-state index in [1.807, 2.05) is 34.1 Å². The number of likely N-dealkylation sites (tertiary alicyclic amines) is 1. The number of allylic oxidation sites excluding steroid dienone is 3. The summed E-state index contributed by atoms with van der Waals surface area (Å²) < 4.78 is 15.9. The zero-order valence-corrected chi connectivity index (χ0v) is 23.2. The van der Waals surface area contributed by atoms with Crippen LogP contribution >= 0.6 is 11.6 Å². The molecule has 11 heteroatoms. The fourth-order valence-electron chi connectivity index (χ4n) is 5.82. The molecule has 9 nitrogen and oxygen atoms in total. The van der Waals surface area contributed by atoms with Crippen LogP contribution in [-0.4, -0.2) is 81.9 Å². The van der Waals surface area contributed by atoms with Crippen LogP contribution in [0.5, 0.6) is 0 Å². The number of benzene rings is 1. The molecule has 4 heterocycles. The number of piperazine rings is 1. The number of aromatic nitrogens is 2. The van der Waals surface area contributed by atoms with Gasteiger partial charge in [-0.15, -0.1) is 0 Å². The predicted molar refractivity (Wildman–Crippen MR) is 154 cm³/mol. The summed E-state index contributed by atoms with van der Waals surface area (Å²) in [6, 6.07) is 8.79. The lowest BCUT2D eigenvalue weighted by Crippen LogP contribution is -2.46. The maximum absolute atomic E-state index is 15.9. The quantitative estimate of drug-likeness (QED) is 0.515. The van der Waals surface area contributed by atoms with Crippen LogP contribution in [-0.2, 0) is 16.1 Å². The van der Waals surface area contributed by atoms with E-state index >= 15 is 4.39 Å². The van der Waals surface area contributed by atoms with Crippen molar-refractivity contribution in [3.63, 3.8) is 0 Å². The Morgan fingerprint density at radius 2 is 1.66 bits per heavy atom. The van der Waals surface area contributed by atoms with E-state index in [0.29, 0.717) is 37.8 Å².